The van der Waals surface area contributed by atoms with Crippen LogP contribution in [0.2, 0.25) is 5.02 Å². The highest BCUT2D eigenvalue weighted by Crippen LogP contribution is 2.35. The van der Waals surface area contributed by atoms with Crippen LogP contribution in [0.25, 0.3) is 4.91 Å². The number of allylic oxidation sites excluding steroid dienone is 2. The van der Waals surface area contributed by atoms with Gasteiger partial charge in [0.1, 0.15) is 0 Å². The summed E-state index contributed by atoms with van der Waals surface area (Å²) < 4.78 is 23.8. The van der Waals surface area contributed by atoms with Gasteiger partial charge in [0.15, 0.2) is 4.91 Å². The molecule has 0 radical (unpaired) electrons. The minimum atomic E-state index is -3.96. The van der Waals surface area contributed by atoms with Crippen molar-refractivity contribution in [3.63, 3.8) is 0 Å². The summed E-state index contributed by atoms with van der Waals surface area (Å²) in [6, 6.07) is 6.38. The molecule has 17 heavy (non-hydrogen) atoms. The number of benzene rings is 1. The standard InChI is InChI=1S/C11H7ClO4S/c12-8-4-2-1-3-7(8)9-5-6-10(11(13)14)17(9,15)16/h1-6H,(H,13,14). The molecule has 0 spiro atoms. The SMILES string of the molecule is O=C(O)C1=CC=C(c2ccccc2Cl)S1(=O)=O. The second-order valence-electron chi connectivity index (χ2n) is 3.35. The molecule has 1 aromatic rings. The molecule has 1 N–H and O–H groups in total. The summed E-state index contributed by atoms with van der Waals surface area (Å²) in [7, 11) is -3.96. The molecule has 0 saturated heterocycles. The van der Waals surface area contributed by atoms with Crippen molar-refractivity contribution in [2.75, 3.05) is 0 Å². The smallest absolute Gasteiger partial charge is 0.347 e. The van der Waals surface area contributed by atoms with Gasteiger partial charge in [-0.1, -0.05) is 29.8 Å². The van der Waals surface area contributed by atoms with E-state index < -0.39 is 20.7 Å². The van der Waals surface area contributed by atoms with Gasteiger partial charge < -0.3 is 5.11 Å². The van der Waals surface area contributed by atoms with Gasteiger partial charge in [0.2, 0.25) is 9.84 Å². The molecule has 1 aliphatic rings. The van der Waals surface area contributed by atoms with E-state index in [1.165, 1.54) is 12.1 Å². The van der Waals surface area contributed by atoms with Crippen molar-refractivity contribution < 1.29 is 18.3 Å². The lowest BCUT2D eigenvalue weighted by Crippen LogP contribution is -2.11. The van der Waals surface area contributed by atoms with E-state index in [1.54, 1.807) is 18.2 Å². The zero-order valence-electron chi connectivity index (χ0n) is 8.42. The molecule has 1 aromatic carbocycles. The van der Waals surface area contributed by atoms with Gasteiger partial charge in [0.25, 0.3) is 0 Å². The van der Waals surface area contributed by atoms with Gasteiger partial charge in [0, 0.05) is 10.6 Å². The molecule has 2 rings (SSSR count). The Bertz CT molecular complexity index is 656. The van der Waals surface area contributed by atoms with Gasteiger partial charge in [0.05, 0.1) is 4.91 Å². The highest BCUT2D eigenvalue weighted by atomic mass is 35.5. The van der Waals surface area contributed by atoms with E-state index in [-0.39, 0.29) is 9.93 Å². The lowest BCUT2D eigenvalue weighted by atomic mass is 10.2. The summed E-state index contributed by atoms with van der Waals surface area (Å²) in [4.78, 5) is 10.1. The lowest BCUT2D eigenvalue weighted by Gasteiger charge is -2.06. The first kappa shape index (κ1) is 11.9. The molecule has 0 amide bonds. The van der Waals surface area contributed by atoms with Crippen molar-refractivity contribution in [1.29, 1.82) is 0 Å². The summed E-state index contributed by atoms with van der Waals surface area (Å²) in [6.45, 7) is 0. The van der Waals surface area contributed by atoms with E-state index in [0.29, 0.717) is 5.56 Å². The molecule has 0 bridgehead atoms. The summed E-state index contributed by atoms with van der Waals surface area (Å²) in [5.41, 5.74) is 0.307. The number of hydrogen-bond donors (Lipinski definition) is 1. The van der Waals surface area contributed by atoms with E-state index in [4.69, 9.17) is 16.7 Å². The van der Waals surface area contributed by atoms with Gasteiger partial charge in [-0.3, -0.25) is 0 Å². The first-order valence-corrected chi connectivity index (χ1v) is 6.46. The highest BCUT2D eigenvalue weighted by Gasteiger charge is 2.33. The molecule has 0 unspecified atom stereocenters. The topological polar surface area (TPSA) is 71.4 Å². The molecule has 0 aromatic heterocycles. The third-order valence-electron chi connectivity index (χ3n) is 2.32. The molecule has 6 heteroatoms. The maximum atomic E-state index is 11.9. The van der Waals surface area contributed by atoms with Crippen LogP contribution in [-0.4, -0.2) is 19.5 Å². The Kier molecular flexibility index (Phi) is 2.81. The number of halogens is 1. The van der Waals surface area contributed by atoms with Crippen LogP contribution in [0.5, 0.6) is 0 Å². The molecule has 0 fully saturated rings. The summed E-state index contributed by atoms with van der Waals surface area (Å²) in [5, 5.41) is 9.04. The van der Waals surface area contributed by atoms with Crippen LogP contribution >= 0.6 is 11.6 Å². The van der Waals surface area contributed by atoms with Crippen LogP contribution in [0, 0.1) is 0 Å². The molecule has 1 aliphatic heterocycles. The predicted octanol–water partition coefficient (Wildman–Crippen LogP) is 2.08. The lowest BCUT2D eigenvalue weighted by molar-refractivity contribution is -0.131. The number of rotatable bonds is 2. The maximum Gasteiger partial charge on any atom is 0.347 e. The maximum absolute atomic E-state index is 11.9. The van der Waals surface area contributed by atoms with E-state index in [1.807, 2.05) is 0 Å². The van der Waals surface area contributed by atoms with Crippen LogP contribution in [-0.2, 0) is 14.6 Å². The minimum Gasteiger partial charge on any atom is -0.477 e. The number of hydrogen-bond acceptors (Lipinski definition) is 3. The highest BCUT2D eigenvalue weighted by molar-refractivity contribution is 8.05. The molecular weight excluding hydrogens is 264 g/mol. The molecule has 88 valence electrons. The quantitative estimate of drug-likeness (QED) is 0.893. The second kappa shape index (κ2) is 4.01. The third kappa shape index (κ3) is 1.87. The summed E-state index contributed by atoms with van der Waals surface area (Å²) in [6.07, 6.45) is 2.32. The largest absolute Gasteiger partial charge is 0.477 e. The zero-order chi connectivity index (χ0) is 12.6. The van der Waals surface area contributed by atoms with Crippen LogP contribution in [0.3, 0.4) is 0 Å². The van der Waals surface area contributed by atoms with Crippen LogP contribution in [0.4, 0.5) is 0 Å². The van der Waals surface area contributed by atoms with E-state index in [9.17, 15) is 13.2 Å². The number of sulfone groups is 1. The van der Waals surface area contributed by atoms with E-state index in [0.717, 1.165) is 6.08 Å². The fraction of sp³-hybridized carbons (Fsp3) is 0. The predicted molar refractivity (Wildman–Crippen MR) is 64.1 cm³/mol. The number of carboxylic acids is 1. The number of carboxylic acid groups (broad SMARTS) is 1. The number of aliphatic carboxylic acids is 1. The monoisotopic (exact) mass is 270 g/mol. The van der Waals surface area contributed by atoms with Gasteiger partial charge in [-0.05, 0) is 18.2 Å². The van der Waals surface area contributed by atoms with Crippen molar-refractivity contribution in [2.45, 2.75) is 0 Å². The van der Waals surface area contributed by atoms with Crippen molar-refractivity contribution in [1.82, 2.24) is 0 Å². The Balaban J connectivity index is 2.55. The third-order valence-corrected chi connectivity index (χ3v) is 4.47. The normalized spacial score (nSPS) is 17.5. The van der Waals surface area contributed by atoms with Crippen molar-refractivity contribution in [3.8, 4) is 0 Å². The Labute approximate surface area is 103 Å². The molecule has 4 nitrogen and oxygen atoms in total. The molecule has 0 aliphatic carbocycles. The Hall–Kier alpha value is -1.59. The van der Waals surface area contributed by atoms with Gasteiger partial charge in [-0.2, -0.15) is 0 Å². The number of carbonyl (C=O) groups is 1. The van der Waals surface area contributed by atoms with E-state index >= 15 is 0 Å². The summed E-state index contributed by atoms with van der Waals surface area (Å²) in [5.74, 6) is -1.47. The van der Waals surface area contributed by atoms with Crippen molar-refractivity contribution in [2.24, 2.45) is 0 Å². The summed E-state index contributed by atoms with van der Waals surface area (Å²) >= 11 is 5.88. The molecular formula is C11H7ClO4S. The molecule has 0 saturated carbocycles. The average Bonchev–Trinajstić information content (AvgIpc) is 2.54. The van der Waals surface area contributed by atoms with Gasteiger partial charge >= 0.3 is 5.97 Å². The van der Waals surface area contributed by atoms with E-state index in [2.05, 4.69) is 0 Å². The van der Waals surface area contributed by atoms with Crippen LogP contribution in [0.15, 0.2) is 41.3 Å². The van der Waals surface area contributed by atoms with Crippen LogP contribution in [0.1, 0.15) is 5.56 Å². The fourth-order valence-corrected chi connectivity index (χ4v) is 3.25. The minimum absolute atomic E-state index is 0.0829. The zero-order valence-corrected chi connectivity index (χ0v) is 9.99. The molecule has 0 atom stereocenters. The fourth-order valence-electron chi connectivity index (χ4n) is 1.53. The van der Waals surface area contributed by atoms with Crippen molar-refractivity contribution in [3.05, 3.63) is 51.9 Å². The Morgan fingerprint density at radius 2 is 1.82 bits per heavy atom. The first-order chi connectivity index (χ1) is 7.94. The first-order valence-electron chi connectivity index (χ1n) is 4.60. The van der Waals surface area contributed by atoms with Crippen LogP contribution < -0.4 is 0 Å². The Morgan fingerprint density at radius 1 is 1.18 bits per heavy atom. The van der Waals surface area contributed by atoms with Gasteiger partial charge in [-0.25, -0.2) is 13.2 Å². The van der Waals surface area contributed by atoms with Gasteiger partial charge in [-0.15, -0.1) is 0 Å². The molecule has 1 heterocycles. The second-order valence-corrected chi connectivity index (χ2v) is 5.64. The van der Waals surface area contributed by atoms with Crippen molar-refractivity contribution >= 4 is 32.3 Å². The Morgan fingerprint density at radius 3 is 2.35 bits per heavy atom. The average molecular weight is 271 g/mol.